The van der Waals surface area contributed by atoms with Gasteiger partial charge in [-0.25, -0.2) is 18.7 Å². The van der Waals surface area contributed by atoms with E-state index < -0.39 is 5.92 Å². The molecular formula is C22H22ClF2N5OS. The van der Waals surface area contributed by atoms with E-state index in [0.29, 0.717) is 26.6 Å². The smallest absolute Gasteiger partial charge is 0.253 e. The van der Waals surface area contributed by atoms with Gasteiger partial charge in [-0.1, -0.05) is 29.4 Å². The molecule has 1 fully saturated rings. The number of hydrogen-bond acceptors (Lipinski definition) is 6. The Morgan fingerprint density at radius 3 is 2.62 bits per heavy atom. The fourth-order valence-corrected chi connectivity index (χ4v) is 4.43. The van der Waals surface area contributed by atoms with Gasteiger partial charge in [-0.15, -0.1) is 0 Å². The Kier molecular flexibility index (Phi) is 6.88. The van der Waals surface area contributed by atoms with E-state index >= 15 is 0 Å². The second-order valence-corrected chi connectivity index (χ2v) is 8.79. The highest BCUT2D eigenvalue weighted by Crippen LogP contribution is 2.32. The molecule has 6 nitrogen and oxygen atoms in total. The number of benzene rings is 1. The minimum atomic E-state index is -2.66. The predicted molar refractivity (Wildman–Crippen MR) is 121 cm³/mol. The van der Waals surface area contributed by atoms with Gasteiger partial charge in [0, 0.05) is 62.0 Å². The van der Waals surface area contributed by atoms with E-state index in [2.05, 4.69) is 20.3 Å². The number of rotatable bonds is 6. The fourth-order valence-electron chi connectivity index (χ4n) is 3.86. The SMILES string of the molecule is CSc1ncc(C(CNC(=O)c2c(Cl)ccc3ncccc23)N2CCC(F)(F)CC2)cn1. The molecule has 1 saturated heterocycles. The van der Waals surface area contributed by atoms with E-state index in [1.165, 1.54) is 11.8 Å². The number of aromatic nitrogens is 3. The van der Waals surface area contributed by atoms with Crippen LogP contribution in [-0.4, -0.2) is 57.6 Å². The van der Waals surface area contributed by atoms with Gasteiger partial charge in [0.15, 0.2) is 5.16 Å². The third-order valence-corrected chi connectivity index (χ3v) is 6.49. The van der Waals surface area contributed by atoms with Gasteiger partial charge in [0.25, 0.3) is 11.8 Å². The van der Waals surface area contributed by atoms with Crippen LogP contribution in [0, 0.1) is 0 Å². The molecule has 0 bridgehead atoms. The molecule has 1 unspecified atom stereocenters. The van der Waals surface area contributed by atoms with Gasteiger partial charge in [0.2, 0.25) is 0 Å². The number of alkyl halides is 2. The summed E-state index contributed by atoms with van der Waals surface area (Å²) >= 11 is 7.76. The average Bonchev–Trinajstić information content (AvgIpc) is 2.80. The Hall–Kier alpha value is -2.36. The molecule has 1 amide bonds. The number of carbonyl (C=O) groups is 1. The van der Waals surface area contributed by atoms with Gasteiger partial charge < -0.3 is 5.32 Å². The number of fused-ring (bicyclic) bond motifs is 1. The lowest BCUT2D eigenvalue weighted by Gasteiger charge is -2.37. The maximum atomic E-state index is 13.7. The van der Waals surface area contributed by atoms with Crippen LogP contribution in [0.1, 0.15) is 34.8 Å². The summed E-state index contributed by atoms with van der Waals surface area (Å²) in [6.07, 6.45) is 6.47. The van der Waals surface area contributed by atoms with Gasteiger partial charge in [-0.05, 0) is 24.5 Å². The Morgan fingerprint density at radius 2 is 1.94 bits per heavy atom. The van der Waals surface area contributed by atoms with Gasteiger partial charge in [0.05, 0.1) is 22.1 Å². The van der Waals surface area contributed by atoms with Gasteiger partial charge in [-0.2, -0.15) is 0 Å². The van der Waals surface area contributed by atoms with Crippen LogP contribution in [0.5, 0.6) is 0 Å². The lowest BCUT2D eigenvalue weighted by atomic mass is 10.0. The summed E-state index contributed by atoms with van der Waals surface area (Å²) in [6, 6.07) is 6.61. The Labute approximate surface area is 193 Å². The number of thioether (sulfide) groups is 1. The number of nitrogens with one attached hydrogen (secondary N) is 1. The number of pyridine rings is 1. The Balaban J connectivity index is 1.57. The van der Waals surface area contributed by atoms with Crippen molar-refractivity contribution in [2.24, 2.45) is 0 Å². The lowest BCUT2D eigenvalue weighted by molar-refractivity contribution is -0.0632. The van der Waals surface area contributed by atoms with Crippen molar-refractivity contribution >= 4 is 40.2 Å². The molecule has 1 aliphatic heterocycles. The summed E-state index contributed by atoms with van der Waals surface area (Å²) < 4.78 is 27.5. The van der Waals surface area contributed by atoms with Gasteiger partial charge in [0.1, 0.15) is 0 Å². The number of likely N-dealkylation sites (tertiary alicyclic amines) is 1. The molecular weight excluding hydrogens is 456 g/mol. The molecule has 0 aliphatic carbocycles. The number of nitrogens with zero attached hydrogens (tertiary/aromatic N) is 4. The molecule has 0 radical (unpaired) electrons. The summed E-state index contributed by atoms with van der Waals surface area (Å²) in [7, 11) is 0. The van der Waals surface area contributed by atoms with Crippen LogP contribution in [0.3, 0.4) is 0 Å². The minimum Gasteiger partial charge on any atom is -0.350 e. The molecule has 3 heterocycles. The average molecular weight is 478 g/mol. The summed E-state index contributed by atoms with van der Waals surface area (Å²) in [4.78, 5) is 28.0. The molecule has 10 heteroatoms. The first-order chi connectivity index (χ1) is 15.4. The number of carbonyl (C=O) groups excluding carboxylic acids is 1. The van der Waals surface area contributed by atoms with Crippen molar-refractivity contribution in [3.8, 4) is 0 Å². The van der Waals surface area contributed by atoms with Crippen LogP contribution in [0.4, 0.5) is 8.78 Å². The molecule has 1 N–H and O–H groups in total. The molecule has 168 valence electrons. The number of hydrogen-bond donors (Lipinski definition) is 1. The van der Waals surface area contributed by atoms with E-state index in [9.17, 15) is 13.6 Å². The number of halogens is 3. The Bertz CT molecular complexity index is 1110. The van der Waals surface area contributed by atoms with Crippen molar-refractivity contribution in [2.75, 3.05) is 25.9 Å². The summed E-state index contributed by atoms with van der Waals surface area (Å²) in [5.74, 6) is -3.00. The fraction of sp³-hybridized carbons (Fsp3) is 0.364. The molecule has 4 rings (SSSR count). The topological polar surface area (TPSA) is 71.0 Å². The first-order valence-corrected chi connectivity index (χ1v) is 11.8. The van der Waals surface area contributed by atoms with Crippen LogP contribution in [0.25, 0.3) is 10.9 Å². The van der Waals surface area contributed by atoms with E-state index in [1.54, 1.807) is 42.9 Å². The van der Waals surface area contributed by atoms with E-state index in [4.69, 9.17) is 11.6 Å². The summed E-state index contributed by atoms with van der Waals surface area (Å²) in [5, 5.41) is 4.53. The highest BCUT2D eigenvalue weighted by atomic mass is 35.5. The van der Waals surface area contributed by atoms with Crippen molar-refractivity contribution in [1.82, 2.24) is 25.2 Å². The van der Waals surface area contributed by atoms with Crippen LogP contribution < -0.4 is 5.32 Å². The highest BCUT2D eigenvalue weighted by Gasteiger charge is 2.37. The maximum Gasteiger partial charge on any atom is 0.253 e. The van der Waals surface area contributed by atoms with Crippen molar-refractivity contribution < 1.29 is 13.6 Å². The second-order valence-electron chi connectivity index (χ2n) is 7.61. The van der Waals surface area contributed by atoms with Crippen molar-refractivity contribution in [3.63, 3.8) is 0 Å². The van der Waals surface area contributed by atoms with Crippen molar-refractivity contribution in [3.05, 3.63) is 59.0 Å². The maximum absolute atomic E-state index is 13.7. The standard InChI is InChI=1S/C22H22ClF2N5OS/c1-32-21-28-11-14(12-29-21)18(30-9-6-22(24,25)7-10-30)13-27-20(31)19-15-3-2-8-26-17(15)5-4-16(19)23/h2-5,8,11-12,18H,6-7,9-10,13H2,1H3,(H,27,31). The highest BCUT2D eigenvalue weighted by molar-refractivity contribution is 7.98. The third-order valence-electron chi connectivity index (χ3n) is 5.60. The molecule has 3 aromatic rings. The van der Waals surface area contributed by atoms with Crippen LogP contribution in [-0.2, 0) is 0 Å². The molecule has 32 heavy (non-hydrogen) atoms. The predicted octanol–water partition coefficient (Wildman–Crippen LogP) is 4.60. The van der Waals surface area contributed by atoms with E-state index in [-0.39, 0.29) is 44.4 Å². The molecule has 2 aromatic heterocycles. The lowest BCUT2D eigenvalue weighted by Crippen LogP contribution is -2.45. The molecule has 0 spiro atoms. The zero-order chi connectivity index (χ0) is 22.7. The minimum absolute atomic E-state index is 0.208. The molecule has 1 aromatic carbocycles. The normalized spacial score (nSPS) is 17.2. The first-order valence-electron chi connectivity index (χ1n) is 10.2. The first kappa shape index (κ1) is 22.8. The largest absolute Gasteiger partial charge is 0.350 e. The van der Waals surface area contributed by atoms with Crippen LogP contribution in [0.2, 0.25) is 5.02 Å². The van der Waals surface area contributed by atoms with Crippen molar-refractivity contribution in [2.45, 2.75) is 30.0 Å². The quantitative estimate of drug-likeness (QED) is 0.413. The number of amides is 1. The van der Waals surface area contributed by atoms with Crippen molar-refractivity contribution in [1.29, 1.82) is 0 Å². The van der Waals surface area contributed by atoms with E-state index in [0.717, 1.165) is 5.56 Å². The molecule has 0 saturated carbocycles. The van der Waals surface area contributed by atoms with Crippen LogP contribution >= 0.6 is 23.4 Å². The zero-order valence-corrected chi connectivity index (χ0v) is 19.0. The zero-order valence-electron chi connectivity index (χ0n) is 17.4. The molecule has 1 atom stereocenters. The Morgan fingerprint density at radius 1 is 1.22 bits per heavy atom. The van der Waals surface area contributed by atoms with E-state index in [1.807, 2.05) is 11.2 Å². The summed E-state index contributed by atoms with van der Waals surface area (Å²) in [6.45, 7) is 0.646. The second kappa shape index (κ2) is 9.64. The van der Waals surface area contributed by atoms with Gasteiger partial charge >= 0.3 is 0 Å². The number of piperidine rings is 1. The van der Waals surface area contributed by atoms with Crippen LogP contribution in [0.15, 0.2) is 48.0 Å². The summed E-state index contributed by atoms with van der Waals surface area (Å²) in [5.41, 5.74) is 1.77. The third kappa shape index (κ3) is 5.00. The molecule has 1 aliphatic rings. The monoisotopic (exact) mass is 477 g/mol. The van der Waals surface area contributed by atoms with Gasteiger partial charge in [-0.3, -0.25) is 14.7 Å².